The lowest BCUT2D eigenvalue weighted by molar-refractivity contribution is -0.118. The second-order valence-electron chi connectivity index (χ2n) is 3.45. The minimum Gasteiger partial charge on any atom is -0.315 e. The number of carbonyl (C=O) groups is 1. The molecule has 0 amide bonds. The number of thiol groups is 1. The Kier molecular flexibility index (Phi) is 9.45. The Labute approximate surface area is 92.7 Å². The summed E-state index contributed by atoms with van der Waals surface area (Å²) in [5, 5.41) is 3.32. The number of nitrogens with one attached hydrogen (secondary N) is 1. The van der Waals surface area contributed by atoms with Crippen LogP contribution in [-0.4, -0.2) is 49.2 Å². The highest BCUT2D eigenvalue weighted by Crippen LogP contribution is 1.89. The molecule has 84 valence electrons. The van der Waals surface area contributed by atoms with E-state index >= 15 is 0 Å². The molecule has 0 aromatic heterocycles. The molecule has 0 fully saturated rings. The number of carbonyl (C=O) groups excluding carboxylic acids is 1. The molecule has 0 atom stereocenters. The summed E-state index contributed by atoms with van der Waals surface area (Å²) in [6.45, 7) is 8.15. The van der Waals surface area contributed by atoms with Crippen LogP contribution >= 0.6 is 12.6 Å². The van der Waals surface area contributed by atoms with Crippen LogP contribution in [-0.2, 0) is 4.79 Å². The van der Waals surface area contributed by atoms with Crippen LogP contribution in [0.25, 0.3) is 0 Å². The van der Waals surface area contributed by atoms with Crippen LogP contribution < -0.4 is 5.32 Å². The Hall–Kier alpha value is -0.0600. The van der Waals surface area contributed by atoms with Crippen LogP contribution in [0, 0.1) is 0 Å². The van der Waals surface area contributed by atoms with E-state index in [4.69, 9.17) is 0 Å². The molecule has 0 saturated carbocycles. The van der Waals surface area contributed by atoms with Crippen molar-refractivity contribution in [1.29, 1.82) is 0 Å². The first-order valence-corrected chi connectivity index (χ1v) is 5.87. The third-order valence-corrected chi connectivity index (χ3v) is 2.09. The second kappa shape index (κ2) is 9.49. The molecule has 0 aliphatic rings. The van der Waals surface area contributed by atoms with Gasteiger partial charge in [0.1, 0.15) is 5.78 Å². The molecule has 1 N–H and O–H groups in total. The van der Waals surface area contributed by atoms with Crippen molar-refractivity contribution >= 4 is 18.4 Å². The number of Topliss-reactive ketones (excluding diaryl/α,β-unsaturated/α-hetero) is 1. The third-order valence-electron chi connectivity index (χ3n) is 1.89. The maximum atomic E-state index is 10.9. The van der Waals surface area contributed by atoms with Gasteiger partial charge in [0.15, 0.2) is 0 Å². The van der Waals surface area contributed by atoms with Crippen molar-refractivity contribution in [2.45, 2.75) is 20.3 Å². The Morgan fingerprint density at radius 3 is 2.57 bits per heavy atom. The van der Waals surface area contributed by atoms with Gasteiger partial charge in [-0.2, -0.15) is 12.6 Å². The van der Waals surface area contributed by atoms with Gasteiger partial charge in [-0.15, -0.1) is 0 Å². The Balaban J connectivity index is 3.56. The van der Waals surface area contributed by atoms with Gasteiger partial charge in [0, 0.05) is 25.4 Å². The summed E-state index contributed by atoms with van der Waals surface area (Å²) in [6.07, 6.45) is 1.15. The topological polar surface area (TPSA) is 32.3 Å². The predicted molar refractivity (Wildman–Crippen MR) is 64.1 cm³/mol. The highest BCUT2D eigenvalue weighted by Gasteiger charge is 2.05. The number of hydrogen-bond donors (Lipinski definition) is 2. The second-order valence-corrected chi connectivity index (χ2v) is 3.90. The van der Waals surface area contributed by atoms with E-state index in [9.17, 15) is 4.79 Å². The molecule has 0 radical (unpaired) electrons. The molecule has 0 spiro atoms. The molecule has 0 aliphatic heterocycles. The van der Waals surface area contributed by atoms with Gasteiger partial charge < -0.3 is 5.32 Å². The fraction of sp³-hybridized carbons (Fsp3) is 0.900. The number of nitrogens with zero attached hydrogens (tertiary/aromatic N) is 1. The maximum Gasteiger partial charge on any atom is 0.143 e. The SMILES string of the molecule is CCCNCCN(CCS)CC(C)=O. The molecule has 0 bridgehead atoms. The highest BCUT2D eigenvalue weighted by atomic mass is 32.1. The summed E-state index contributed by atoms with van der Waals surface area (Å²) < 4.78 is 0. The summed E-state index contributed by atoms with van der Waals surface area (Å²) in [6, 6.07) is 0. The van der Waals surface area contributed by atoms with Crippen LogP contribution in [0.3, 0.4) is 0 Å². The fourth-order valence-corrected chi connectivity index (χ4v) is 1.55. The van der Waals surface area contributed by atoms with Crippen LogP contribution in [0.1, 0.15) is 20.3 Å². The van der Waals surface area contributed by atoms with Crippen molar-refractivity contribution in [1.82, 2.24) is 10.2 Å². The van der Waals surface area contributed by atoms with Crippen molar-refractivity contribution in [3.63, 3.8) is 0 Å². The molecule has 0 aromatic rings. The molecule has 0 saturated heterocycles. The number of hydrogen-bond acceptors (Lipinski definition) is 4. The van der Waals surface area contributed by atoms with Crippen LogP contribution in [0.4, 0.5) is 0 Å². The number of ketones is 1. The fourth-order valence-electron chi connectivity index (χ4n) is 1.27. The highest BCUT2D eigenvalue weighted by molar-refractivity contribution is 7.80. The van der Waals surface area contributed by atoms with E-state index in [1.807, 2.05) is 0 Å². The summed E-state index contributed by atoms with van der Waals surface area (Å²) in [7, 11) is 0. The summed E-state index contributed by atoms with van der Waals surface area (Å²) in [5.41, 5.74) is 0. The van der Waals surface area contributed by atoms with Gasteiger partial charge in [0.25, 0.3) is 0 Å². The molecule has 0 heterocycles. The minimum atomic E-state index is 0.224. The van der Waals surface area contributed by atoms with Crippen LogP contribution in [0.5, 0.6) is 0 Å². The maximum absolute atomic E-state index is 10.9. The monoisotopic (exact) mass is 218 g/mol. The van der Waals surface area contributed by atoms with Crippen molar-refractivity contribution in [2.75, 3.05) is 38.5 Å². The first-order chi connectivity index (χ1) is 6.70. The normalized spacial score (nSPS) is 10.9. The van der Waals surface area contributed by atoms with E-state index in [1.54, 1.807) is 6.92 Å². The van der Waals surface area contributed by atoms with Crippen LogP contribution in [0.15, 0.2) is 0 Å². The van der Waals surface area contributed by atoms with Gasteiger partial charge in [0.05, 0.1) is 6.54 Å². The standard InChI is InChI=1S/C10H22N2OS/c1-3-4-11-5-6-12(7-8-14)9-10(2)13/h11,14H,3-9H2,1-2H3. The van der Waals surface area contributed by atoms with Crippen molar-refractivity contribution in [3.8, 4) is 0 Å². The first-order valence-electron chi connectivity index (χ1n) is 5.24. The lowest BCUT2D eigenvalue weighted by atomic mass is 10.3. The molecular formula is C10H22N2OS. The smallest absolute Gasteiger partial charge is 0.143 e. The Bertz CT molecular complexity index is 153. The van der Waals surface area contributed by atoms with E-state index in [-0.39, 0.29) is 5.78 Å². The first kappa shape index (κ1) is 13.9. The lowest BCUT2D eigenvalue weighted by Gasteiger charge is -2.19. The zero-order valence-electron chi connectivity index (χ0n) is 9.25. The van der Waals surface area contributed by atoms with Gasteiger partial charge in [-0.25, -0.2) is 0 Å². The molecule has 0 unspecified atom stereocenters. The summed E-state index contributed by atoms with van der Waals surface area (Å²) in [5.74, 6) is 1.03. The van der Waals surface area contributed by atoms with Gasteiger partial charge in [0.2, 0.25) is 0 Å². The van der Waals surface area contributed by atoms with Gasteiger partial charge in [-0.3, -0.25) is 9.69 Å². The summed E-state index contributed by atoms with van der Waals surface area (Å²) in [4.78, 5) is 13.1. The quantitative estimate of drug-likeness (QED) is 0.444. The van der Waals surface area contributed by atoms with Gasteiger partial charge >= 0.3 is 0 Å². The van der Waals surface area contributed by atoms with E-state index in [1.165, 1.54) is 0 Å². The zero-order valence-corrected chi connectivity index (χ0v) is 10.1. The molecule has 14 heavy (non-hydrogen) atoms. The van der Waals surface area contributed by atoms with Crippen molar-refractivity contribution < 1.29 is 4.79 Å². The van der Waals surface area contributed by atoms with Crippen molar-refractivity contribution in [3.05, 3.63) is 0 Å². The van der Waals surface area contributed by atoms with Gasteiger partial charge in [-0.1, -0.05) is 6.92 Å². The minimum absolute atomic E-state index is 0.224. The molecular weight excluding hydrogens is 196 g/mol. The molecule has 3 nitrogen and oxygen atoms in total. The summed E-state index contributed by atoms with van der Waals surface area (Å²) >= 11 is 4.17. The number of rotatable bonds is 9. The Morgan fingerprint density at radius 1 is 1.36 bits per heavy atom. The Morgan fingerprint density at radius 2 is 2.07 bits per heavy atom. The third kappa shape index (κ3) is 8.53. The van der Waals surface area contributed by atoms with E-state index in [2.05, 4.69) is 29.8 Å². The average Bonchev–Trinajstić information content (AvgIpc) is 2.12. The average molecular weight is 218 g/mol. The molecule has 0 rings (SSSR count). The van der Waals surface area contributed by atoms with Crippen LogP contribution in [0.2, 0.25) is 0 Å². The van der Waals surface area contributed by atoms with E-state index in [0.717, 1.165) is 38.4 Å². The molecule has 4 heteroatoms. The largest absolute Gasteiger partial charge is 0.315 e. The van der Waals surface area contributed by atoms with E-state index in [0.29, 0.717) is 6.54 Å². The molecule has 0 aliphatic carbocycles. The van der Waals surface area contributed by atoms with Crippen molar-refractivity contribution in [2.24, 2.45) is 0 Å². The predicted octanol–water partition coefficient (Wildman–Crippen LogP) is 0.807. The van der Waals surface area contributed by atoms with Gasteiger partial charge in [-0.05, 0) is 19.9 Å². The van der Waals surface area contributed by atoms with E-state index < -0.39 is 0 Å². The molecule has 0 aromatic carbocycles. The lowest BCUT2D eigenvalue weighted by Crippen LogP contribution is -2.36. The zero-order chi connectivity index (χ0) is 10.8.